The maximum absolute atomic E-state index is 11.9. The van der Waals surface area contributed by atoms with E-state index in [2.05, 4.69) is 10.1 Å². The van der Waals surface area contributed by atoms with E-state index in [4.69, 9.17) is 9.63 Å². The highest BCUT2D eigenvalue weighted by molar-refractivity contribution is 5.77. The molecular weight excluding hydrogens is 222 g/mol. The summed E-state index contributed by atoms with van der Waals surface area (Å²) in [4.78, 5) is 17.7. The zero-order chi connectivity index (χ0) is 12.3. The van der Waals surface area contributed by atoms with Crippen LogP contribution in [0, 0.1) is 6.92 Å². The Morgan fingerprint density at radius 3 is 3.12 bits per heavy atom. The van der Waals surface area contributed by atoms with Gasteiger partial charge in [-0.2, -0.15) is 4.98 Å². The summed E-state index contributed by atoms with van der Waals surface area (Å²) in [5, 5.41) is 12.8. The first kappa shape index (κ1) is 12.0. The lowest BCUT2D eigenvalue weighted by Gasteiger charge is -2.22. The Kier molecular flexibility index (Phi) is 3.73. The number of nitrogens with zero attached hydrogens (tertiary/aromatic N) is 3. The molecule has 1 aromatic heterocycles. The minimum Gasteiger partial charge on any atom is -0.394 e. The van der Waals surface area contributed by atoms with Crippen molar-refractivity contribution < 1.29 is 14.4 Å². The Morgan fingerprint density at radius 1 is 1.65 bits per heavy atom. The smallest absolute Gasteiger partial charge is 0.227 e. The molecule has 1 fully saturated rings. The van der Waals surface area contributed by atoms with E-state index in [0.717, 1.165) is 19.4 Å². The first-order valence-electron chi connectivity index (χ1n) is 5.90. The number of hydrogen-bond acceptors (Lipinski definition) is 5. The normalized spacial score (nSPS) is 19.9. The molecule has 0 spiro atoms. The molecule has 6 nitrogen and oxygen atoms in total. The average Bonchev–Trinajstić information content (AvgIpc) is 2.94. The Hall–Kier alpha value is -1.43. The Bertz CT molecular complexity index is 391. The van der Waals surface area contributed by atoms with E-state index in [1.165, 1.54) is 0 Å². The molecule has 2 rings (SSSR count). The highest BCUT2D eigenvalue weighted by Crippen LogP contribution is 2.18. The van der Waals surface area contributed by atoms with Crippen LogP contribution in [0.15, 0.2) is 4.52 Å². The van der Waals surface area contributed by atoms with Crippen molar-refractivity contribution in [2.24, 2.45) is 0 Å². The summed E-state index contributed by atoms with van der Waals surface area (Å²) in [5.74, 6) is 1.13. The lowest BCUT2D eigenvalue weighted by Crippen LogP contribution is -2.37. The summed E-state index contributed by atoms with van der Waals surface area (Å²) in [7, 11) is 0. The van der Waals surface area contributed by atoms with Crippen LogP contribution in [0.4, 0.5) is 0 Å². The first-order valence-corrected chi connectivity index (χ1v) is 5.90. The van der Waals surface area contributed by atoms with Gasteiger partial charge in [0, 0.05) is 19.4 Å². The Balaban J connectivity index is 1.84. The van der Waals surface area contributed by atoms with Crippen LogP contribution in [0.5, 0.6) is 0 Å². The number of carbonyl (C=O) groups excluding carboxylic acids is 1. The van der Waals surface area contributed by atoms with Crippen LogP contribution in [0.25, 0.3) is 0 Å². The average molecular weight is 239 g/mol. The highest BCUT2D eigenvalue weighted by atomic mass is 16.5. The largest absolute Gasteiger partial charge is 0.394 e. The van der Waals surface area contributed by atoms with Crippen molar-refractivity contribution in [2.75, 3.05) is 13.2 Å². The molecule has 0 saturated carbocycles. The zero-order valence-corrected chi connectivity index (χ0v) is 9.93. The second-order valence-corrected chi connectivity index (χ2v) is 4.30. The molecule has 1 amide bonds. The molecule has 1 N–H and O–H groups in total. The van der Waals surface area contributed by atoms with Crippen LogP contribution in [0.1, 0.15) is 31.0 Å². The molecular formula is C11H17N3O3. The molecule has 6 heteroatoms. The quantitative estimate of drug-likeness (QED) is 0.817. The van der Waals surface area contributed by atoms with Gasteiger partial charge in [0.2, 0.25) is 11.8 Å². The van der Waals surface area contributed by atoms with Crippen LogP contribution in [-0.4, -0.2) is 45.2 Å². The summed E-state index contributed by atoms with van der Waals surface area (Å²) in [6, 6.07) is -0.00748. The predicted molar refractivity (Wildman–Crippen MR) is 59.2 cm³/mol. The minimum atomic E-state index is -0.00748. The van der Waals surface area contributed by atoms with Crippen molar-refractivity contribution in [1.82, 2.24) is 15.0 Å². The Labute approximate surface area is 99.6 Å². The van der Waals surface area contributed by atoms with Crippen LogP contribution >= 0.6 is 0 Å². The van der Waals surface area contributed by atoms with Crippen molar-refractivity contribution in [3.8, 4) is 0 Å². The van der Waals surface area contributed by atoms with Gasteiger partial charge in [-0.1, -0.05) is 5.16 Å². The van der Waals surface area contributed by atoms with Crippen molar-refractivity contribution in [3.05, 3.63) is 11.7 Å². The number of aliphatic hydroxyl groups excluding tert-OH is 1. The van der Waals surface area contributed by atoms with Gasteiger partial charge in [0.05, 0.1) is 12.6 Å². The molecule has 2 heterocycles. The number of aliphatic hydroxyl groups is 1. The van der Waals surface area contributed by atoms with Gasteiger partial charge in [-0.3, -0.25) is 4.79 Å². The summed E-state index contributed by atoms with van der Waals surface area (Å²) >= 11 is 0. The molecule has 0 aromatic carbocycles. The molecule has 17 heavy (non-hydrogen) atoms. The fourth-order valence-corrected chi connectivity index (χ4v) is 2.15. The highest BCUT2D eigenvalue weighted by Gasteiger charge is 2.27. The summed E-state index contributed by atoms with van der Waals surface area (Å²) < 4.78 is 4.95. The third-order valence-electron chi connectivity index (χ3n) is 3.03. The number of hydrogen-bond donors (Lipinski definition) is 1. The Morgan fingerprint density at radius 2 is 2.47 bits per heavy atom. The van der Waals surface area contributed by atoms with Crippen molar-refractivity contribution in [3.63, 3.8) is 0 Å². The molecule has 0 radical (unpaired) electrons. The fraction of sp³-hybridized carbons (Fsp3) is 0.727. The van der Waals surface area contributed by atoms with Gasteiger partial charge in [0.1, 0.15) is 0 Å². The third kappa shape index (κ3) is 2.82. The minimum absolute atomic E-state index is 0.00748. The molecule has 1 aliphatic heterocycles. The van der Waals surface area contributed by atoms with Crippen LogP contribution in [0.3, 0.4) is 0 Å². The summed E-state index contributed by atoms with van der Waals surface area (Å²) in [6.07, 6.45) is 2.69. The zero-order valence-electron chi connectivity index (χ0n) is 9.93. The van der Waals surface area contributed by atoms with Gasteiger partial charge in [-0.25, -0.2) is 0 Å². The third-order valence-corrected chi connectivity index (χ3v) is 3.03. The molecule has 1 aromatic rings. The van der Waals surface area contributed by atoms with Crippen molar-refractivity contribution in [1.29, 1.82) is 0 Å². The number of likely N-dealkylation sites (tertiary alicyclic amines) is 1. The van der Waals surface area contributed by atoms with Gasteiger partial charge in [-0.05, 0) is 19.8 Å². The molecule has 1 atom stereocenters. The molecule has 1 saturated heterocycles. The van der Waals surface area contributed by atoms with Gasteiger partial charge in [0.25, 0.3) is 0 Å². The van der Waals surface area contributed by atoms with Gasteiger partial charge in [0.15, 0.2) is 5.82 Å². The second-order valence-electron chi connectivity index (χ2n) is 4.30. The molecule has 1 aliphatic rings. The number of carbonyl (C=O) groups is 1. The fourth-order valence-electron chi connectivity index (χ4n) is 2.15. The SMILES string of the molecule is Cc1noc(CCC(=O)N2CCC[C@@H]2CO)n1. The molecule has 0 bridgehead atoms. The van der Waals surface area contributed by atoms with E-state index < -0.39 is 0 Å². The van der Waals surface area contributed by atoms with Crippen molar-refractivity contribution >= 4 is 5.91 Å². The maximum atomic E-state index is 11.9. The molecule has 0 aliphatic carbocycles. The maximum Gasteiger partial charge on any atom is 0.227 e. The van der Waals surface area contributed by atoms with Crippen LogP contribution < -0.4 is 0 Å². The lowest BCUT2D eigenvalue weighted by molar-refractivity contribution is -0.132. The van der Waals surface area contributed by atoms with Gasteiger partial charge < -0.3 is 14.5 Å². The molecule has 94 valence electrons. The second kappa shape index (κ2) is 5.27. The lowest BCUT2D eigenvalue weighted by atomic mass is 10.2. The first-order chi connectivity index (χ1) is 8.20. The van der Waals surface area contributed by atoms with Crippen LogP contribution in [-0.2, 0) is 11.2 Å². The van der Waals surface area contributed by atoms with Gasteiger partial charge >= 0.3 is 0 Å². The van der Waals surface area contributed by atoms with E-state index >= 15 is 0 Å². The van der Waals surface area contributed by atoms with Crippen molar-refractivity contribution in [2.45, 2.75) is 38.6 Å². The van der Waals surface area contributed by atoms with E-state index in [1.54, 1.807) is 11.8 Å². The molecule has 0 unspecified atom stereocenters. The number of aryl methyl sites for hydroxylation is 2. The number of rotatable bonds is 4. The standard InChI is InChI=1S/C11H17N3O3/c1-8-12-10(17-13-8)4-5-11(16)14-6-2-3-9(14)7-15/h9,15H,2-7H2,1H3/t9-/m1/s1. The van der Waals surface area contributed by atoms with E-state index in [9.17, 15) is 4.79 Å². The predicted octanol–water partition coefficient (Wildman–Crippen LogP) is 0.294. The topological polar surface area (TPSA) is 79.5 Å². The summed E-state index contributed by atoms with van der Waals surface area (Å²) in [5.41, 5.74) is 0. The number of aromatic nitrogens is 2. The van der Waals surface area contributed by atoms with E-state index in [1.807, 2.05) is 0 Å². The summed E-state index contributed by atoms with van der Waals surface area (Å²) in [6.45, 7) is 2.54. The van der Waals surface area contributed by atoms with E-state index in [0.29, 0.717) is 24.6 Å². The van der Waals surface area contributed by atoms with Gasteiger partial charge in [-0.15, -0.1) is 0 Å². The van der Waals surface area contributed by atoms with E-state index in [-0.39, 0.29) is 18.6 Å². The monoisotopic (exact) mass is 239 g/mol. The van der Waals surface area contributed by atoms with Crippen LogP contribution in [0.2, 0.25) is 0 Å². The number of amides is 1.